The quantitative estimate of drug-likeness (QED) is 0.880. The van der Waals surface area contributed by atoms with Gasteiger partial charge in [0.25, 0.3) is 0 Å². The number of phenols is 1. The number of esters is 1. The first-order valence-corrected chi connectivity index (χ1v) is 6.95. The zero-order chi connectivity index (χ0) is 13.8. The van der Waals surface area contributed by atoms with Crippen LogP contribution >= 0.6 is 22.9 Å². The predicted octanol–water partition coefficient (Wildman–Crippen LogP) is 3.27. The molecule has 0 amide bonds. The number of ether oxygens (including phenoxy) is 1. The molecule has 6 heteroatoms. The number of hydrogen-bond donors (Lipinski definition) is 1. The fraction of sp³-hybridized carbons (Fsp3) is 0.231. The highest BCUT2D eigenvalue weighted by molar-refractivity contribution is 7.13. The Morgan fingerprint density at radius 1 is 1.53 bits per heavy atom. The molecular formula is C13H12ClNO3S. The maximum Gasteiger partial charge on any atom is 0.311 e. The average Bonchev–Trinajstić information content (AvgIpc) is 2.81. The predicted molar refractivity (Wildman–Crippen MR) is 74.6 cm³/mol. The summed E-state index contributed by atoms with van der Waals surface area (Å²) in [6, 6.07) is 4.89. The number of rotatable bonds is 4. The number of hydrogen-bond acceptors (Lipinski definition) is 5. The van der Waals surface area contributed by atoms with Gasteiger partial charge in [-0.25, -0.2) is 4.98 Å². The summed E-state index contributed by atoms with van der Waals surface area (Å²) in [6.45, 7) is 2.13. The van der Waals surface area contributed by atoms with E-state index in [0.29, 0.717) is 12.3 Å². The van der Waals surface area contributed by atoms with Gasteiger partial charge in [-0.2, -0.15) is 0 Å². The number of carbonyl (C=O) groups is 1. The molecular weight excluding hydrogens is 286 g/mol. The van der Waals surface area contributed by atoms with Crippen molar-refractivity contribution in [2.24, 2.45) is 0 Å². The number of benzene rings is 1. The molecule has 0 saturated heterocycles. The Morgan fingerprint density at radius 3 is 3.00 bits per heavy atom. The fourth-order valence-corrected chi connectivity index (χ4v) is 2.52. The third kappa shape index (κ3) is 3.45. The van der Waals surface area contributed by atoms with E-state index in [1.165, 1.54) is 17.4 Å². The van der Waals surface area contributed by atoms with Crippen molar-refractivity contribution in [1.29, 1.82) is 0 Å². The number of carbonyl (C=O) groups excluding carboxylic acids is 1. The van der Waals surface area contributed by atoms with Crippen LogP contribution < -0.4 is 0 Å². The van der Waals surface area contributed by atoms with Gasteiger partial charge >= 0.3 is 5.97 Å². The highest BCUT2D eigenvalue weighted by Gasteiger charge is 2.10. The zero-order valence-electron chi connectivity index (χ0n) is 10.2. The average molecular weight is 298 g/mol. The molecule has 100 valence electrons. The van der Waals surface area contributed by atoms with E-state index < -0.39 is 0 Å². The third-order valence-electron chi connectivity index (χ3n) is 2.38. The van der Waals surface area contributed by atoms with Gasteiger partial charge in [-0.05, 0) is 25.1 Å². The van der Waals surface area contributed by atoms with Crippen LogP contribution in [0.15, 0.2) is 23.6 Å². The lowest BCUT2D eigenvalue weighted by Crippen LogP contribution is -2.07. The lowest BCUT2D eigenvalue weighted by molar-refractivity contribution is -0.142. The first-order chi connectivity index (χ1) is 9.10. The maximum atomic E-state index is 11.3. The molecule has 0 radical (unpaired) electrons. The largest absolute Gasteiger partial charge is 0.506 e. The van der Waals surface area contributed by atoms with Crippen molar-refractivity contribution in [2.45, 2.75) is 13.3 Å². The molecule has 0 fully saturated rings. The molecule has 0 aliphatic heterocycles. The summed E-state index contributed by atoms with van der Waals surface area (Å²) in [6.07, 6.45) is 0.163. The van der Waals surface area contributed by atoms with Gasteiger partial charge in [0.05, 0.1) is 23.7 Å². The minimum Gasteiger partial charge on any atom is -0.506 e. The Hall–Kier alpha value is -1.59. The van der Waals surface area contributed by atoms with Gasteiger partial charge in [0, 0.05) is 10.9 Å². The van der Waals surface area contributed by atoms with Gasteiger partial charge in [0.2, 0.25) is 0 Å². The van der Waals surface area contributed by atoms with Crippen LogP contribution in [0.5, 0.6) is 5.75 Å². The van der Waals surface area contributed by atoms with Crippen LogP contribution in [0.3, 0.4) is 0 Å². The van der Waals surface area contributed by atoms with Crippen LogP contribution in [0.4, 0.5) is 0 Å². The second kappa shape index (κ2) is 6.04. The Morgan fingerprint density at radius 2 is 2.32 bits per heavy atom. The first-order valence-electron chi connectivity index (χ1n) is 5.69. The minimum atomic E-state index is -0.289. The lowest BCUT2D eigenvalue weighted by Gasteiger charge is -2.00. The molecule has 0 atom stereocenters. The molecule has 0 bridgehead atoms. The topological polar surface area (TPSA) is 59.4 Å². The van der Waals surface area contributed by atoms with E-state index in [1.807, 2.05) is 5.38 Å². The van der Waals surface area contributed by atoms with E-state index in [0.717, 1.165) is 10.6 Å². The van der Waals surface area contributed by atoms with E-state index in [4.69, 9.17) is 16.3 Å². The summed E-state index contributed by atoms with van der Waals surface area (Å²) < 4.78 is 4.87. The Kier molecular flexibility index (Phi) is 4.39. The molecule has 2 aromatic rings. The van der Waals surface area contributed by atoms with Crippen LogP contribution in [-0.4, -0.2) is 22.7 Å². The second-order valence-electron chi connectivity index (χ2n) is 3.79. The number of nitrogens with zero attached hydrogens (tertiary/aromatic N) is 1. The van der Waals surface area contributed by atoms with Gasteiger partial charge in [0.1, 0.15) is 10.8 Å². The van der Waals surface area contributed by atoms with E-state index in [2.05, 4.69) is 4.98 Å². The van der Waals surface area contributed by atoms with Gasteiger partial charge < -0.3 is 9.84 Å². The molecule has 1 heterocycles. The molecule has 0 spiro atoms. The number of aromatic hydroxyl groups is 1. The normalized spacial score (nSPS) is 10.4. The molecule has 19 heavy (non-hydrogen) atoms. The minimum absolute atomic E-state index is 0.0359. The SMILES string of the molecule is CCOC(=O)Cc1csc(-c2ccc(O)c(Cl)c2)n1. The van der Waals surface area contributed by atoms with E-state index in [9.17, 15) is 9.90 Å². The second-order valence-corrected chi connectivity index (χ2v) is 5.06. The first kappa shape index (κ1) is 13.8. The van der Waals surface area contributed by atoms with Crippen molar-refractivity contribution in [2.75, 3.05) is 6.61 Å². The monoisotopic (exact) mass is 297 g/mol. The number of aromatic nitrogens is 1. The van der Waals surface area contributed by atoms with Crippen LogP contribution in [0.25, 0.3) is 10.6 Å². The highest BCUT2D eigenvalue weighted by Crippen LogP contribution is 2.31. The van der Waals surface area contributed by atoms with Gasteiger partial charge in [-0.15, -0.1) is 11.3 Å². The Labute approximate surface area is 119 Å². The third-order valence-corrected chi connectivity index (χ3v) is 3.62. The molecule has 4 nitrogen and oxygen atoms in total. The van der Waals surface area contributed by atoms with Crippen LogP contribution in [0.2, 0.25) is 5.02 Å². The van der Waals surface area contributed by atoms with E-state index in [1.54, 1.807) is 19.1 Å². The Bertz CT molecular complexity index is 597. The van der Waals surface area contributed by atoms with Gasteiger partial charge in [-0.1, -0.05) is 11.6 Å². The van der Waals surface area contributed by atoms with Crippen molar-refractivity contribution in [3.05, 3.63) is 34.3 Å². The maximum absolute atomic E-state index is 11.3. The molecule has 1 N–H and O–H groups in total. The molecule has 1 aromatic carbocycles. The summed E-state index contributed by atoms with van der Waals surface area (Å²) >= 11 is 7.27. The molecule has 0 aliphatic rings. The molecule has 1 aromatic heterocycles. The van der Waals surface area contributed by atoms with Crippen LogP contribution in [0.1, 0.15) is 12.6 Å². The summed E-state index contributed by atoms with van der Waals surface area (Å²) in [4.78, 5) is 15.7. The fourth-order valence-electron chi connectivity index (χ4n) is 1.52. The smallest absolute Gasteiger partial charge is 0.311 e. The van der Waals surface area contributed by atoms with Crippen LogP contribution in [-0.2, 0) is 16.0 Å². The summed E-state index contributed by atoms with van der Waals surface area (Å²) in [5.41, 5.74) is 1.48. The van der Waals surface area contributed by atoms with Gasteiger partial charge in [0.15, 0.2) is 0 Å². The van der Waals surface area contributed by atoms with Crippen molar-refractivity contribution in [3.8, 4) is 16.3 Å². The summed E-state index contributed by atoms with van der Waals surface area (Å²) in [5, 5.41) is 12.2. The number of phenolic OH excluding ortho intramolecular Hbond substituents is 1. The molecule has 0 aliphatic carbocycles. The number of thiazole rings is 1. The molecule has 0 saturated carbocycles. The molecule has 2 rings (SSSR count). The Balaban J connectivity index is 2.16. The van der Waals surface area contributed by atoms with E-state index >= 15 is 0 Å². The van der Waals surface area contributed by atoms with Crippen molar-refractivity contribution >= 4 is 28.9 Å². The zero-order valence-corrected chi connectivity index (χ0v) is 11.8. The van der Waals surface area contributed by atoms with Crippen molar-refractivity contribution in [1.82, 2.24) is 4.98 Å². The lowest BCUT2D eigenvalue weighted by atomic mass is 10.2. The van der Waals surface area contributed by atoms with E-state index in [-0.39, 0.29) is 23.2 Å². The van der Waals surface area contributed by atoms with Gasteiger partial charge in [-0.3, -0.25) is 4.79 Å². The standard InChI is InChI=1S/C13H12ClNO3S/c1-2-18-12(17)6-9-7-19-13(15-9)8-3-4-11(16)10(14)5-8/h3-5,7,16H,2,6H2,1H3. The summed E-state index contributed by atoms with van der Waals surface area (Å²) in [7, 11) is 0. The van der Waals surface area contributed by atoms with Crippen LogP contribution in [0, 0.1) is 0 Å². The van der Waals surface area contributed by atoms with Crippen molar-refractivity contribution in [3.63, 3.8) is 0 Å². The highest BCUT2D eigenvalue weighted by atomic mass is 35.5. The molecule has 0 unspecified atom stereocenters. The summed E-state index contributed by atoms with van der Waals surface area (Å²) in [5.74, 6) is -0.253. The number of halogens is 1. The van der Waals surface area contributed by atoms with Crippen molar-refractivity contribution < 1.29 is 14.6 Å².